The Kier molecular flexibility index (Phi) is 9.94. The summed E-state index contributed by atoms with van der Waals surface area (Å²) < 4.78 is 66.1. The zero-order chi connectivity index (χ0) is 29.7. The molecule has 0 aliphatic carbocycles. The number of nitrogen functional groups attached to an aromatic ring is 1. The van der Waals surface area contributed by atoms with Gasteiger partial charge in [0.05, 0.1) is 31.1 Å². The number of halogens is 3. The summed E-state index contributed by atoms with van der Waals surface area (Å²) in [5, 5.41) is 5.84. The Labute approximate surface area is 230 Å². The molecule has 0 aliphatic rings. The van der Waals surface area contributed by atoms with Gasteiger partial charge in [0.15, 0.2) is 11.5 Å². The summed E-state index contributed by atoms with van der Waals surface area (Å²) in [4.78, 5) is 25.0. The van der Waals surface area contributed by atoms with Crippen LogP contribution in [0.25, 0.3) is 11.2 Å². The lowest BCUT2D eigenvalue weighted by atomic mass is 10.1. The van der Waals surface area contributed by atoms with Crippen molar-refractivity contribution >= 4 is 30.4 Å². The van der Waals surface area contributed by atoms with Crippen molar-refractivity contribution in [1.82, 2.24) is 29.7 Å². The van der Waals surface area contributed by atoms with E-state index in [2.05, 4.69) is 25.1 Å². The standard InChI is InChI=1S/C25H35F3N7O4P/c1-6-11-38-23(36)24(4,5)34-40(37,33-17(3)18-7-9-19(10-8-18)25(26,27)28)15-39-16(2)12-35-14-32-20-21(29)30-13-31-22(20)35/h7-10,13-14,16-17H,6,11-12,15H2,1-5H3,(H2,29,30,31)(H2,33,34,37)/t16-,17-,40+/m1/s1. The Morgan fingerprint density at radius 2 is 1.82 bits per heavy atom. The fraction of sp³-hybridized carbons (Fsp3) is 0.520. The van der Waals surface area contributed by atoms with Crippen molar-refractivity contribution in [2.24, 2.45) is 0 Å². The van der Waals surface area contributed by atoms with Crippen molar-refractivity contribution in [2.45, 2.75) is 71.4 Å². The summed E-state index contributed by atoms with van der Waals surface area (Å²) in [5.74, 6) is -0.363. The van der Waals surface area contributed by atoms with Gasteiger partial charge in [-0.05, 0) is 51.8 Å². The molecule has 3 aromatic rings. The van der Waals surface area contributed by atoms with E-state index >= 15 is 0 Å². The molecule has 11 nitrogen and oxygen atoms in total. The normalized spacial score (nSPS) is 15.5. The molecule has 4 N–H and O–H groups in total. The number of carbonyl (C=O) groups is 1. The summed E-state index contributed by atoms with van der Waals surface area (Å²) in [7, 11) is -3.71. The number of carbonyl (C=O) groups excluding carboxylic acids is 1. The number of imidazole rings is 1. The van der Waals surface area contributed by atoms with E-state index in [0.717, 1.165) is 12.1 Å². The molecule has 0 saturated heterocycles. The summed E-state index contributed by atoms with van der Waals surface area (Å²) in [6.07, 6.45) is -1.81. The Hall–Kier alpha value is -3.06. The third kappa shape index (κ3) is 8.00. The number of aromatic nitrogens is 4. The van der Waals surface area contributed by atoms with E-state index in [4.69, 9.17) is 15.2 Å². The van der Waals surface area contributed by atoms with Gasteiger partial charge < -0.3 is 19.8 Å². The van der Waals surface area contributed by atoms with Crippen LogP contribution >= 0.6 is 7.44 Å². The number of anilines is 1. The number of esters is 1. The number of rotatable bonds is 13. The molecule has 1 aromatic carbocycles. The number of nitrogens with two attached hydrogens (primary N) is 1. The smallest absolute Gasteiger partial charge is 0.416 e. The maximum atomic E-state index is 14.2. The largest absolute Gasteiger partial charge is 0.464 e. The molecule has 0 amide bonds. The highest BCUT2D eigenvalue weighted by molar-refractivity contribution is 7.59. The Balaban J connectivity index is 1.78. The van der Waals surface area contributed by atoms with Crippen molar-refractivity contribution in [3.8, 4) is 0 Å². The van der Waals surface area contributed by atoms with Crippen LogP contribution in [-0.2, 0) is 31.6 Å². The Bertz CT molecular complexity index is 1350. The fourth-order valence-electron chi connectivity index (χ4n) is 3.92. The van der Waals surface area contributed by atoms with Gasteiger partial charge >= 0.3 is 12.1 Å². The lowest BCUT2D eigenvalue weighted by Gasteiger charge is -2.33. The minimum absolute atomic E-state index is 0.199. The van der Waals surface area contributed by atoms with E-state index < -0.39 is 42.8 Å². The van der Waals surface area contributed by atoms with Crippen molar-refractivity contribution in [1.29, 1.82) is 0 Å². The number of hydrogen-bond acceptors (Lipinski definition) is 8. The summed E-state index contributed by atoms with van der Waals surface area (Å²) in [6, 6.07) is 3.89. The second-order valence-electron chi connectivity index (χ2n) is 10.0. The summed E-state index contributed by atoms with van der Waals surface area (Å²) in [6.45, 7) is 8.84. The van der Waals surface area contributed by atoms with Crippen LogP contribution in [0.2, 0.25) is 0 Å². The van der Waals surface area contributed by atoms with Crippen LogP contribution in [0.1, 0.15) is 58.2 Å². The number of benzene rings is 1. The van der Waals surface area contributed by atoms with E-state index in [0.29, 0.717) is 29.7 Å². The molecule has 0 aliphatic heterocycles. The van der Waals surface area contributed by atoms with E-state index in [1.54, 1.807) is 24.7 Å². The number of fused-ring (bicyclic) bond motifs is 1. The molecule has 3 atom stereocenters. The van der Waals surface area contributed by atoms with Gasteiger partial charge in [-0.15, -0.1) is 0 Å². The Morgan fingerprint density at radius 1 is 1.15 bits per heavy atom. The lowest BCUT2D eigenvalue weighted by molar-refractivity contribution is -0.149. The van der Waals surface area contributed by atoms with Gasteiger partial charge in [0.25, 0.3) is 0 Å². The van der Waals surface area contributed by atoms with Gasteiger partial charge in [-0.1, -0.05) is 19.1 Å². The van der Waals surface area contributed by atoms with E-state index in [-0.39, 0.29) is 18.8 Å². The van der Waals surface area contributed by atoms with Gasteiger partial charge in [0.2, 0.25) is 7.44 Å². The van der Waals surface area contributed by atoms with Crippen molar-refractivity contribution in [2.75, 3.05) is 18.7 Å². The minimum Gasteiger partial charge on any atom is -0.464 e. The highest BCUT2D eigenvalue weighted by Gasteiger charge is 2.38. The van der Waals surface area contributed by atoms with Crippen LogP contribution in [0.5, 0.6) is 0 Å². The average Bonchev–Trinajstić information content (AvgIpc) is 3.29. The molecule has 220 valence electrons. The zero-order valence-corrected chi connectivity index (χ0v) is 23.9. The number of hydrogen-bond donors (Lipinski definition) is 3. The average molecular weight is 586 g/mol. The molecule has 0 unspecified atom stereocenters. The first-order valence-corrected chi connectivity index (χ1v) is 14.6. The predicted octanol–water partition coefficient (Wildman–Crippen LogP) is 4.66. The van der Waals surface area contributed by atoms with Gasteiger partial charge in [-0.3, -0.25) is 9.36 Å². The molecule has 2 heterocycles. The van der Waals surface area contributed by atoms with Crippen molar-refractivity contribution in [3.63, 3.8) is 0 Å². The minimum atomic E-state index is -4.47. The van der Waals surface area contributed by atoms with Crippen molar-refractivity contribution < 1.29 is 32.0 Å². The monoisotopic (exact) mass is 585 g/mol. The lowest BCUT2D eigenvalue weighted by Crippen LogP contribution is -2.49. The quantitative estimate of drug-likeness (QED) is 0.191. The number of nitrogens with one attached hydrogen (secondary N) is 2. The highest BCUT2D eigenvalue weighted by atomic mass is 31.2. The SMILES string of the molecule is CCCOC(=O)C(C)(C)N[P@](=O)(CO[C@H](C)Cn1cnc2c(N)ncnc21)N[C@H](C)c1ccc(C(F)(F)F)cc1. The first-order chi connectivity index (χ1) is 18.6. The molecule has 0 bridgehead atoms. The molecule has 0 spiro atoms. The van der Waals surface area contributed by atoms with Gasteiger partial charge in [-0.2, -0.15) is 13.2 Å². The van der Waals surface area contributed by atoms with Gasteiger partial charge in [0.1, 0.15) is 23.7 Å². The topological polar surface area (TPSA) is 146 Å². The van der Waals surface area contributed by atoms with Crippen LogP contribution in [0.3, 0.4) is 0 Å². The molecular weight excluding hydrogens is 550 g/mol. The second kappa shape index (κ2) is 12.6. The van der Waals surface area contributed by atoms with Crippen molar-refractivity contribution in [3.05, 3.63) is 48.0 Å². The third-order valence-electron chi connectivity index (χ3n) is 5.97. The molecule has 2 aromatic heterocycles. The first-order valence-electron chi connectivity index (χ1n) is 12.7. The molecule has 0 fully saturated rings. The maximum absolute atomic E-state index is 14.2. The van der Waals surface area contributed by atoms with E-state index in [1.807, 2.05) is 6.92 Å². The van der Waals surface area contributed by atoms with Gasteiger partial charge in [0, 0.05) is 6.04 Å². The summed E-state index contributed by atoms with van der Waals surface area (Å²) >= 11 is 0. The predicted molar refractivity (Wildman–Crippen MR) is 144 cm³/mol. The molecule has 40 heavy (non-hydrogen) atoms. The van der Waals surface area contributed by atoms with Crippen LogP contribution in [0.4, 0.5) is 19.0 Å². The van der Waals surface area contributed by atoms with Crippen LogP contribution in [0, 0.1) is 0 Å². The first kappa shape index (κ1) is 31.5. The number of nitrogens with zero attached hydrogens (tertiary/aromatic N) is 4. The Morgan fingerprint density at radius 3 is 2.45 bits per heavy atom. The number of ether oxygens (including phenoxy) is 2. The maximum Gasteiger partial charge on any atom is 0.416 e. The zero-order valence-electron chi connectivity index (χ0n) is 23.0. The van der Waals surface area contributed by atoms with E-state index in [9.17, 15) is 22.5 Å². The van der Waals surface area contributed by atoms with Crippen LogP contribution < -0.4 is 15.9 Å². The third-order valence-corrected chi connectivity index (χ3v) is 8.21. The molecular formula is C25H35F3N7O4P. The summed E-state index contributed by atoms with van der Waals surface area (Å²) in [5.41, 5.74) is 5.12. The molecule has 15 heteroatoms. The van der Waals surface area contributed by atoms with Gasteiger partial charge in [-0.25, -0.2) is 25.1 Å². The fourth-order valence-corrected chi connectivity index (χ4v) is 6.35. The van der Waals surface area contributed by atoms with Crippen LogP contribution in [0.15, 0.2) is 36.9 Å². The number of alkyl halides is 3. The van der Waals surface area contributed by atoms with E-state index in [1.165, 1.54) is 32.3 Å². The second-order valence-corrected chi connectivity index (χ2v) is 12.2. The highest BCUT2D eigenvalue weighted by Crippen LogP contribution is 2.42. The molecule has 0 saturated carbocycles. The van der Waals surface area contributed by atoms with Crippen LogP contribution in [-0.4, -0.2) is 50.1 Å². The molecule has 0 radical (unpaired) electrons. The molecule has 3 rings (SSSR count).